The van der Waals surface area contributed by atoms with E-state index in [4.69, 9.17) is 9.47 Å². The lowest BCUT2D eigenvalue weighted by atomic mass is 9.81. The van der Waals surface area contributed by atoms with Crippen molar-refractivity contribution >= 4 is 17.5 Å². The van der Waals surface area contributed by atoms with Crippen molar-refractivity contribution < 1.29 is 28.9 Å². The number of ketones is 2. The van der Waals surface area contributed by atoms with Crippen LogP contribution in [-0.4, -0.2) is 36.7 Å². The summed E-state index contributed by atoms with van der Waals surface area (Å²) in [6.07, 6.45) is 0. The van der Waals surface area contributed by atoms with E-state index in [0.717, 1.165) is 0 Å². The predicted molar refractivity (Wildman–Crippen MR) is 112 cm³/mol. The first-order chi connectivity index (χ1) is 15.3. The van der Waals surface area contributed by atoms with E-state index < -0.39 is 10.9 Å². The molecule has 1 N–H and O–H groups in total. The second kappa shape index (κ2) is 7.95. The van der Waals surface area contributed by atoms with Crippen molar-refractivity contribution in [2.75, 3.05) is 14.2 Å². The van der Waals surface area contributed by atoms with Crippen LogP contribution >= 0.6 is 0 Å². The molecule has 1 amide bonds. The first kappa shape index (κ1) is 20.7. The van der Waals surface area contributed by atoms with Crippen molar-refractivity contribution in [2.45, 2.75) is 0 Å². The number of nitrogens with zero attached hydrogens (tertiary/aromatic N) is 1. The third-order valence-electron chi connectivity index (χ3n) is 5.10. The summed E-state index contributed by atoms with van der Waals surface area (Å²) in [5.74, 6) is -1.12. The molecule has 3 aromatic carbocycles. The van der Waals surface area contributed by atoms with Gasteiger partial charge in [-0.25, -0.2) is 10.1 Å². The van der Waals surface area contributed by atoms with Crippen molar-refractivity contribution in [1.82, 2.24) is 5.43 Å². The fourth-order valence-corrected chi connectivity index (χ4v) is 3.64. The van der Waals surface area contributed by atoms with E-state index in [2.05, 4.69) is 6.07 Å². The van der Waals surface area contributed by atoms with Crippen molar-refractivity contribution in [3.63, 3.8) is 0 Å². The zero-order valence-electron chi connectivity index (χ0n) is 16.9. The van der Waals surface area contributed by atoms with Crippen molar-refractivity contribution in [3.05, 3.63) is 92.5 Å². The summed E-state index contributed by atoms with van der Waals surface area (Å²) in [5, 5.41) is 9.49. The van der Waals surface area contributed by atoms with E-state index in [1.807, 2.05) is 0 Å². The number of rotatable bonds is 5. The van der Waals surface area contributed by atoms with Gasteiger partial charge in [-0.2, -0.15) is 0 Å². The van der Waals surface area contributed by atoms with E-state index in [1.165, 1.54) is 26.4 Å². The number of carbonyl (C=O) groups is 3. The Morgan fingerprint density at radius 1 is 0.938 bits per heavy atom. The molecule has 0 spiro atoms. The highest BCUT2D eigenvalue weighted by Crippen LogP contribution is 2.39. The van der Waals surface area contributed by atoms with E-state index in [-0.39, 0.29) is 45.1 Å². The zero-order chi connectivity index (χ0) is 23.0. The predicted octanol–water partition coefficient (Wildman–Crippen LogP) is 2.87. The monoisotopic (exact) mass is 431 g/mol. The molecule has 0 heterocycles. The molecule has 9 heteroatoms. The number of hydrogen-bond acceptors (Lipinski definition) is 7. The molecule has 0 saturated heterocycles. The molecule has 0 atom stereocenters. The van der Waals surface area contributed by atoms with Crippen LogP contribution in [0.1, 0.15) is 42.2 Å². The van der Waals surface area contributed by atoms with Gasteiger partial charge in [-0.1, -0.05) is 23.6 Å². The summed E-state index contributed by atoms with van der Waals surface area (Å²) in [6, 6.07) is 15.1. The van der Waals surface area contributed by atoms with Gasteiger partial charge in [0.2, 0.25) is 5.78 Å². The molecule has 0 saturated carbocycles. The topological polar surface area (TPSA) is 125 Å². The van der Waals surface area contributed by atoms with E-state index in [0.29, 0.717) is 16.9 Å². The second-order valence-corrected chi connectivity index (χ2v) is 6.83. The number of hydrazine groups is 1. The highest BCUT2D eigenvalue weighted by atomic mass is 16.7. The Balaban J connectivity index is 1.81. The van der Waals surface area contributed by atoms with Gasteiger partial charge in [0.15, 0.2) is 10.8 Å². The number of nitrogens with one attached hydrogen (secondary N) is 1. The first-order valence-corrected chi connectivity index (χ1v) is 9.31. The largest absolute Gasteiger partial charge is 0.496 e. The summed E-state index contributed by atoms with van der Waals surface area (Å²) in [6.45, 7) is 0. The maximum atomic E-state index is 13.3. The zero-order valence-corrected chi connectivity index (χ0v) is 16.9. The Morgan fingerprint density at radius 2 is 1.66 bits per heavy atom. The molecule has 0 unspecified atom stereocenters. The lowest BCUT2D eigenvalue weighted by Crippen LogP contribution is -2.29. The molecule has 0 bridgehead atoms. The van der Waals surface area contributed by atoms with Crippen LogP contribution < -0.4 is 14.9 Å². The van der Waals surface area contributed by atoms with E-state index in [1.54, 1.807) is 41.8 Å². The lowest BCUT2D eigenvalue weighted by molar-refractivity contribution is -0.527. The van der Waals surface area contributed by atoms with Gasteiger partial charge in [0.05, 0.1) is 30.9 Å². The van der Waals surface area contributed by atoms with Crippen LogP contribution in [0.15, 0.2) is 48.5 Å². The average Bonchev–Trinajstić information content (AvgIpc) is 2.80. The Labute approximate surface area is 181 Å². The molecule has 32 heavy (non-hydrogen) atoms. The molecule has 9 nitrogen and oxygen atoms in total. The average molecular weight is 431 g/mol. The maximum absolute atomic E-state index is 13.3. The van der Waals surface area contributed by atoms with Gasteiger partial charge in [0.1, 0.15) is 11.5 Å². The Kier molecular flexibility index (Phi) is 5.15. The number of ether oxygens (including phenoxy) is 2. The van der Waals surface area contributed by atoms with Gasteiger partial charge in [-0.05, 0) is 47.5 Å². The molecule has 159 valence electrons. The quantitative estimate of drug-likeness (QED) is 0.380. The summed E-state index contributed by atoms with van der Waals surface area (Å²) in [4.78, 5) is 48.7. The minimum Gasteiger partial charge on any atom is -0.496 e. The molecular formula is C23H15N2O7. The van der Waals surface area contributed by atoms with Crippen molar-refractivity contribution in [2.24, 2.45) is 0 Å². The number of hydrogen-bond donors (Lipinski definition) is 1. The Morgan fingerprint density at radius 3 is 2.28 bits per heavy atom. The van der Waals surface area contributed by atoms with Gasteiger partial charge in [-0.15, -0.1) is 0 Å². The normalized spacial score (nSPS) is 11.9. The summed E-state index contributed by atoms with van der Waals surface area (Å²) in [5.41, 5.74) is 3.39. The van der Waals surface area contributed by atoms with Gasteiger partial charge in [-0.3, -0.25) is 14.4 Å². The van der Waals surface area contributed by atoms with Crippen LogP contribution in [0.4, 0.5) is 0 Å². The molecule has 4 rings (SSSR count). The smallest absolute Gasteiger partial charge is 0.311 e. The van der Waals surface area contributed by atoms with Crippen LogP contribution in [0.25, 0.3) is 11.1 Å². The first-order valence-electron chi connectivity index (χ1n) is 9.31. The fourth-order valence-electron chi connectivity index (χ4n) is 3.64. The molecular weight excluding hydrogens is 416 g/mol. The molecule has 1 aliphatic rings. The third kappa shape index (κ3) is 3.35. The maximum Gasteiger partial charge on any atom is 0.311 e. The minimum absolute atomic E-state index is 0.0253. The van der Waals surface area contributed by atoms with Crippen LogP contribution in [0.2, 0.25) is 0 Å². The van der Waals surface area contributed by atoms with E-state index >= 15 is 0 Å². The van der Waals surface area contributed by atoms with Crippen LogP contribution in [0.5, 0.6) is 11.5 Å². The van der Waals surface area contributed by atoms with Crippen molar-refractivity contribution in [3.8, 4) is 22.6 Å². The van der Waals surface area contributed by atoms with Gasteiger partial charge in [0, 0.05) is 11.1 Å². The number of amides is 1. The minimum atomic E-state index is -0.951. The van der Waals surface area contributed by atoms with Gasteiger partial charge < -0.3 is 9.47 Å². The Hall–Kier alpha value is -4.53. The van der Waals surface area contributed by atoms with E-state index in [9.17, 15) is 24.5 Å². The summed E-state index contributed by atoms with van der Waals surface area (Å²) >= 11 is 0. The van der Waals surface area contributed by atoms with Crippen LogP contribution in [0, 0.1) is 16.2 Å². The molecule has 3 aromatic rings. The van der Waals surface area contributed by atoms with Crippen LogP contribution in [-0.2, 0) is 0 Å². The number of fused-ring (bicyclic) bond motifs is 2. The Bertz CT molecular complexity index is 1300. The standard InChI is InChI=1S/C23H15N2O7/c1-31-17-5-3-4-15-19(17)22(27)20-16(21(15)26)10-14(11-18(20)32-2)12-6-8-13(9-7-12)23(28)24-25(29)30/h3-8,10-11H,1-2H3,(H,24,28). The number of methoxy groups -OCH3 is 2. The fraction of sp³-hybridized carbons (Fsp3) is 0.0870. The number of benzene rings is 3. The number of nitro groups is 1. The molecule has 1 radical (unpaired) electrons. The van der Waals surface area contributed by atoms with Crippen molar-refractivity contribution in [1.29, 1.82) is 0 Å². The lowest BCUT2D eigenvalue weighted by Gasteiger charge is -2.22. The highest BCUT2D eigenvalue weighted by Gasteiger charge is 2.35. The van der Waals surface area contributed by atoms with Gasteiger partial charge >= 0.3 is 5.91 Å². The van der Waals surface area contributed by atoms with Crippen LogP contribution in [0.3, 0.4) is 0 Å². The number of carbonyl (C=O) groups excluding carboxylic acids is 3. The summed E-state index contributed by atoms with van der Waals surface area (Å²) in [7, 11) is 2.82. The molecule has 0 fully saturated rings. The second-order valence-electron chi connectivity index (χ2n) is 6.83. The highest BCUT2D eigenvalue weighted by molar-refractivity contribution is 6.30. The third-order valence-corrected chi connectivity index (χ3v) is 5.10. The van der Waals surface area contributed by atoms with Gasteiger partial charge in [0.25, 0.3) is 0 Å². The molecule has 1 aliphatic carbocycles. The molecule has 0 aliphatic heterocycles. The molecule has 0 aromatic heterocycles. The SMILES string of the molecule is COc1cccc2c1C(=O)c1c(OC)cc(-c3c[c]c(C(=O)N[N+](=O)[O-])cc3)cc1C2=O. The summed E-state index contributed by atoms with van der Waals surface area (Å²) < 4.78 is 10.7.